The van der Waals surface area contributed by atoms with E-state index in [1.54, 1.807) is 25.3 Å². The number of hydrazone groups is 1. The van der Waals surface area contributed by atoms with E-state index in [4.69, 9.17) is 14.2 Å². The van der Waals surface area contributed by atoms with Gasteiger partial charge in [-0.2, -0.15) is 5.10 Å². The van der Waals surface area contributed by atoms with Crippen LogP contribution in [0.2, 0.25) is 0 Å². The van der Waals surface area contributed by atoms with Crippen LogP contribution in [0.5, 0.6) is 17.2 Å². The molecule has 0 radical (unpaired) electrons. The molecule has 32 heavy (non-hydrogen) atoms. The molecule has 1 N–H and O–H groups in total. The van der Waals surface area contributed by atoms with Gasteiger partial charge in [0.2, 0.25) is 0 Å². The summed E-state index contributed by atoms with van der Waals surface area (Å²) in [5.41, 5.74) is 3.38. The van der Waals surface area contributed by atoms with Crippen molar-refractivity contribution in [2.24, 2.45) is 5.10 Å². The van der Waals surface area contributed by atoms with Crippen molar-refractivity contribution in [3.05, 3.63) is 54.1 Å². The summed E-state index contributed by atoms with van der Waals surface area (Å²) in [5, 5.41) is 4.02. The van der Waals surface area contributed by atoms with Gasteiger partial charge in [-0.05, 0) is 73.9 Å². The topological polar surface area (TPSA) is 69.2 Å². The molecule has 2 rings (SSSR count). The molecule has 0 aromatic heterocycles. The highest BCUT2D eigenvalue weighted by Crippen LogP contribution is 2.19. The fourth-order valence-corrected chi connectivity index (χ4v) is 2.87. The number of carbonyl (C=O) groups excluding carboxylic acids is 1. The van der Waals surface area contributed by atoms with Gasteiger partial charge in [-0.3, -0.25) is 4.79 Å². The van der Waals surface area contributed by atoms with E-state index in [0.717, 1.165) is 42.9 Å². The first-order chi connectivity index (χ1) is 15.6. The Bertz CT molecular complexity index is 804. The number of nitrogens with zero attached hydrogens (tertiary/aromatic N) is 1. The van der Waals surface area contributed by atoms with Gasteiger partial charge in [0.25, 0.3) is 5.91 Å². The number of benzene rings is 2. The maximum Gasteiger partial charge on any atom is 0.280 e. The lowest BCUT2D eigenvalue weighted by atomic mass is 10.2. The second kappa shape index (κ2) is 14.9. The predicted molar refractivity (Wildman–Crippen MR) is 129 cm³/mol. The lowest BCUT2D eigenvalue weighted by molar-refractivity contribution is -0.127. The maximum atomic E-state index is 12.2. The molecule has 6 nitrogen and oxygen atoms in total. The predicted octanol–water partition coefficient (Wildman–Crippen LogP) is 5.74. The summed E-state index contributed by atoms with van der Waals surface area (Å²) < 4.78 is 17.1. The highest BCUT2D eigenvalue weighted by atomic mass is 16.5. The molecule has 0 aliphatic carbocycles. The van der Waals surface area contributed by atoms with Crippen LogP contribution in [0, 0.1) is 0 Å². The molecule has 174 valence electrons. The molecule has 0 aliphatic rings. The smallest absolute Gasteiger partial charge is 0.280 e. The second-order valence-electron chi connectivity index (χ2n) is 7.65. The fourth-order valence-electron chi connectivity index (χ4n) is 2.87. The number of nitrogens with one attached hydrogen (secondary N) is 1. The Balaban J connectivity index is 1.72. The molecule has 2 aromatic carbocycles. The van der Waals surface area contributed by atoms with Gasteiger partial charge in [-0.1, -0.05) is 39.5 Å². The molecule has 0 fully saturated rings. The summed E-state index contributed by atoms with van der Waals surface area (Å²) in [6.07, 6.45) is 7.69. The Morgan fingerprint density at radius 3 is 1.88 bits per heavy atom. The molecule has 1 unspecified atom stereocenters. The average Bonchev–Trinajstić information content (AvgIpc) is 2.81. The van der Waals surface area contributed by atoms with Crippen LogP contribution in [0.15, 0.2) is 53.6 Å². The van der Waals surface area contributed by atoms with E-state index in [1.165, 1.54) is 19.3 Å². The zero-order valence-electron chi connectivity index (χ0n) is 19.5. The van der Waals surface area contributed by atoms with Gasteiger partial charge in [-0.25, -0.2) is 5.43 Å². The van der Waals surface area contributed by atoms with Gasteiger partial charge in [0.15, 0.2) is 6.10 Å². The Morgan fingerprint density at radius 2 is 1.34 bits per heavy atom. The summed E-state index contributed by atoms with van der Waals surface area (Å²) in [5.74, 6) is 1.92. The molecule has 6 heteroatoms. The van der Waals surface area contributed by atoms with Gasteiger partial charge in [0, 0.05) is 0 Å². The van der Waals surface area contributed by atoms with Crippen molar-refractivity contribution in [1.82, 2.24) is 5.43 Å². The maximum absolute atomic E-state index is 12.2. The SMILES string of the molecule is CCCCCOc1ccc(C=NNC(=O)C(C)Oc2ccc(OCCCCC)cc2)cc1. The monoisotopic (exact) mass is 440 g/mol. The summed E-state index contributed by atoms with van der Waals surface area (Å²) in [6.45, 7) is 7.45. The number of ether oxygens (including phenoxy) is 3. The van der Waals surface area contributed by atoms with Crippen LogP contribution in [0.4, 0.5) is 0 Å². The van der Waals surface area contributed by atoms with Gasteiger partial charge in [-0.15, -0.1) is 0 Å². The molecular formula is C26H36N2O4. The second-order valence-corrected chi connectivity index (χ2v) is 7.65. The van der Waals surface area contributed by atoms with Gasteiger partial charge < -0.3 is 14.2 Å². The van der Waals surface area contributed by atoms with E-state index < -0.39 is 6.10 Å². The number of hydrogen-bond acceptors (Lipinski definition) is 5. The zero-order valence-corrected chi connectivity index (χ0v) is 19.5. The molecule has 1 amide bonds. The lowest BCUT2D eigenvalue weighted by Crippen LogP contribution is -2.33. The number of amides is 1. The van der Waals surface area contributed by atoms with Crippen LogP contribution in [-0.2, 0) is 4.79 Å². The molecule has 0 bridgehead atoms. The van der Waals surface area contributed by atoms with E-state index in [0.29, 0.717) is 12.4 Å². The Morgan fingerprint density at radius 1 is 0.844 bits per heavy atom. The van der Waals surface area contributed by atoms with Gasteiger partial charge >= 0.3 is 0 Å². The van der Waals surface area contributed by atoms with Crippen LogP contribution >= 0.6 is 0 Å². The third-order valence-corrected chi connectivity index (χ3v) is 4.81. The number of rotatable bonds is 15. The van der Waals surface area contributed by atoms with Gasteiger partial charge in [0.1, 0.15) is 17.2 Å². The van der Waals surface area contributed by atoms with Crippen molar-refractivity contribution in [1.29, 1.82) is 0 Å². The minimum atomic E-state index is -0.678. The summed E-state index contributed by atoms with van der Waals surface area (Å²) in [7, 11) is 0. The van der Waals surface area contributed by atoms with Crippen molar-refractivity contribution in [3.63, 3.8) is 0 Å². The van der Waals surface area contributed by atoms with Crippen LogP contribution in [0.25, 0.3) is 0 Å². The summed E-state index contributed by atoms with van der Waals surface area (Å²) in [6, 6.07) is 14.9. The van der Waals surface area contributed by atoms with Crippen molar-refractivity contribution < 1.29 is 19.0 Å². The molecule has 0 heterocycles. The van der Waals surface area contributed by atoms with Crippen molar-refractivity contribution in [3.8, 4) is 17.2 Å². The summed E-state index contributed by atoms with van der Waals surface area (Å²) in [4.78, 5) is 12.2. The number of carbonyl (C=O) groups is 1. The third kappa shape index (κ3) is 9.86. The molecule has 2 aromatic rings. The third-order valence-electron chi connectivity index (χ3n) is 4.81. The van der Waals surface area contributed by atoms with Crippen molar-refractivity contribution in [2.75, 3.05) is 13.2 Å². The largest absolute Gasteiger partial charge is 0.494 e. The first-order valence-electron chi connectivity index (χ1n) is 11.6. The van der Waals surface area contributed by atoms with Crippen LogP contribution in [0.1, 0.15) is 64.9 Å². The first-order valence-corrected chi connectivity index (χ1v) is 11.6. The van der Waals surface area contributed by atoms with E-state index in [2.05, 4.69) is 24.4 Å². The van der Waals surface area contributed by atoms with E-state index in [-0.39, 0.29) is 5.91 Å². The number of hydrogen-bond donors (Lipinski definition) is 1. The zero-order chi connectivity index (χ0) is 23.0. The van der Waals surface area contributed by atoms with Crippen LogP contribution < -0.4 is 19.6 Å². The number of unbranched alkanes of at least 4 members (excludes halogenated alkanes) is 4. The minimum Gasteiger partial charge on any atom is -0.494 e. The van der Waals surface area contributed by atoms with E-state index in [1.807, 2.05) is 36.4 Å². The highest BCUT2D eigenvalue weighted by Gasteiger charge is 2.13. The Kier molecular flexibility index (Phi) is 11.7. The lowest BCUT2D eigenvalue weighted by Gasteiger charge is -2.13. The van der Waals surface area contributed by atoms with Gasteiger partial charge in [0.05, 0.1) is 19.4 Å². The van der Waals surface area contributed by atoms with Crippen LogP contribution in [-0.4, -0.2) is 31.4 Å². The molecular weight excluding hydrogens is 404 g/mol. The average molecular weight is 441 g/mol. The van der Waals surface area contributed by atoms with Crippen molar-refractivity contribution in [2.45, 2.75) is 65.4 Å². The first kappa shape index (κ1) is 25.2. The normalized spacial score (nSPS) is 11.8. The van der Waals surface area contributed by atoms with E-state index in [9.17, 15) is 4.79 Å². The summed E-state index contributed by atoms with van der Waals surface area (Å²) >= 11 is 0. The quantitative estimate of drug-likeness (QED) is 0.218. The minimum absolute atomic E-state index is 0.322. The Hall–Kier alpha value is -3.02. The molecule has 0 saturated heterocycles. The standard InChI is InChI=1S/C26H36N2O4/c1-4-6-8-18-30-23-12-10-22(11-13-23)20-27-28-26(29)21(3)32-25-16-14-24(15-17-25)31-19-9-7-5-2/h10-17,20-21H,4-9,18-19H2,1-3H3,(H,28,29). The highest BCUT2D eigenvalue weighted by molar-refractivity contribution is 5.84. The fraction of sp³-hybridized carbons (Fsp3) is 0.462. The molecule has 0 saturated carbocycles. The molecule has 1 atom stereocenters. The van der Waals surface area contributed by atoms with E-state index >= 15 is 0 Å². The molecule has 0 spiro atoms. The van der Waals surface area contributed by atoms with Crippen LogP contribution in [0.3, 0.4) is 0 Å². The van der Waals surface area contributed by atoms with Crippen molar-refractivity contribution >= 4 is 12.1 Å². The molecule has 0 aliphatic heterocycles. The Labute approximate surface area is 192 Å².